The number of hydrogen-bond acceptors (Lipinski definition) is 2. The molecule has 0 bridgehead atoms. The maximum absolute atomic E-state index is 12.2. The van der Waals surface area contributed by atoms with Gasteiger partial charge in [0.2, 0.25) is 0 Å². The number of nitrogens with zero attached hydrogens (tertiary/aromatic N) is 1. The normalized spacial score (nSPS) is 13.7. The van der Waals surface area contributed by atoms with E-state index in [1.807, 2.05) is 0 Å². The molecule has 5 heteroatoms. The highest BCUT2D eigenvalue weighted by Crippen LogP contribution is 2.33. The standard InChI is InChI=1S/C10H12F3NO/c1-14(2)8-5-3-4-7(6-8)9(15)10(11,12)13/h3-6,9,15H,1-2H3/t9-/m1/s1. The predicted molar refractivity (Wildman–Crippen MR) is 51.8 cm³/mol. The van der Waals surface area contributed by atoms with E-state index in [1.54, 1.807) is 25.1 Å². The molecule has 84 valence electrons. The summed E-state index contributed by atoms with van der Waals surface area (Å²) in [7, 11) is 3.44. The van der Waals surface area contributed by atoms with Gasteiger partial charge in [-0.05, 0) is 17.7 Å². The van der Waals surface area contributed by atoms with Gasteiger partial charge in [-0.1, -0.05) is 12.1 Å². The van der Waals surface area contributed by atoms with Gasteiger partial charge in [0, 0.05) is 19.8 Å². The summed E-state index contributed by atoms with van der Waals surface area (Å²) >= 11 is 0. The Hall–Kier alpha value is -1.23. The third-order valence-corrected chi connectivity index (χ3v) is 2.01. The van der Waals surface area contributed by atoms with E-state index in [2.05, 4.69) is 0 Å². The van der Waals surface area contributed by atoms with Crippen LogP contribution in [0.2, 0.25) is 0 Å². The van der Waals surface area contributed by atoms with Crippen LogP contribution in [-0.4, -0.2) is 25.4 Å². The minimum absolute atomic E-state index is 0.145. The summed E-state index contributed by atoms with van der Waals surface area (Å²) in [5.41, 5.74) is 0.476. The van der Waals surface area contributed by atoms with Crippen LogP contribution >= 0.6 is 0 Å². The number of halogens is 3. The van der Waals surface area contributed by atoms with Crippen molar-refractivity contribution in [3.8, 4) is 0 Å². The lowest BCUT2D eigenvalue weighted by Gasteiger charge is -2.18. The molecule has 1 aromatic rings. The summed E-state index contributed by atoms with van der Waals surface area (Å²) < 4.78 is 36.6. The Bertz CT molecular complexity index is 336. The first kappa shape index (κ1) is 11.8. The lowest BCUT2D eigenvalue weighted by atomic mass is 10.1. The van der Waals surface area contributed by atoms with Crippen molar-refractivity contribution in [2.75, 3.05) is 19.0 Å². The zero-order valence-corrected chi connectivity index (χ0v) is 8.42. The minimum Gasteiger partial charge on any atom is -0.379 e. The zero-order valence-electron chi connectivity index (χ0n) is 8.42. The highest BCUT2D eigenvalue weighted by molar-refractivity contribution is 5.47. The van der Waals surface area contributed by atoms with E-state index in [9.17, 15) is 13.2 Å². The van der Waals surface area contributed by atoms with Gasteiger partial charge in [-0.15, -0.1) is 0 Å². The van der Waals surface area contributed by atoms with Gasteiger partial charge in [-0.3, -0.25) is 0 Å². The summed E-state index contributed by atoms with van der Waals surface area (Å²) in [6, 6.07) is 5.73. The number of alkyl halides is 3. The predicted octanol–water partition coefficient (Wildman–Crippen LogP) is 2.35. The Balaban J connectivity index is 3.00. The molecule has 15 heavy (non-hydrogen) atoms. The Morgan fingerprint density at radius 3 is 2.33 bits per heavy atom. The zero-order chi connectivity index (χ0) is 11.6. The van der Waals surface area contributed by atoms with Gasteiger partial charge in [0.05, 0.1) is 0 Å². The number of rotatable bonds is 2. The van der Waals surface area contributed by atoms with Crippen LogP contribution < -0.4 is 4.90 Å². The van der Waals surface area contributed by atoms with Crippen molar-refractivity contribution in [2.45, 2.75) is 12.3 Å². The number of benzene rings is 1. The number of aliphatic hydroxyl groups is 1. The summed E-state index contributed by atoms with van der Waals surface area (Å²) in [4.78, 5) is 1.67. The van der Waals surface area contributed by atoms with Crippen molar-refractivity contribution < 1.29 is 18.3 Å². The average Bonchev–Trinajstić information content (AvgIpc) is 2.15. The first-order chi connectivity index (χ1) is 6.82. The second-order valence-electron chi connectivity index (χ2n) is 3.43. The summed E-state index contributed by atoms with van der Waals surface area (Å²) in [5, 5.41) is 9.02. The van der Waals surface area contributed by atoms with Crippen molar-refractivity contribution in [3.05, 3.63) is 29.8 Å². The minimum atomic E-state index is -4.62. The van der Waals surface area contributed by atoms with E-state index in [-0.39, 0.29) is 5.56 Å². The molecular formula is C10H12F3NO. The largest absolute Gasteiger partial charge is 0.418 e. The molecule has 0 aromatic heterocycles. The molecule has 0 radical (unpaired) electrons. The number of aliphatic hydroxyl groups excluding tert-OH is 1. The third-order valence-electron chi connectivity index (χ3n) is 2.01. The van der Waals surface area contributed by atoms with E-state index in [0.29, 0.717) is 5.69 Å². The van der Waals surface area contributed by atoms with Gasteiger partial charge in [-0.25, -0.2) is 0 Å². The lowest BCUT2D eigenvalue weighted by molar-refractivity contribution is -0.206. The molecular weight excluding hydrogens is 207 g/mol. The topological polar surface area (TPSA) is 23.5 Å². The van der Waals surface area contributed by atoms with Crippen molar-refractivity contribution >= 4 is 5.69 Å². The van der Waals surface area contributed by atoms with Gasteiger partial charge in [-0.2, -0.15) is 13.2 Å². The molecule has 0 spiro atoms. The highest BCUT2D eigenvalue weighted by Gasteiger charge is 2.39. The van der Waals surface area contributed by atoms with Gasteiger partial charge < -0.3 is 10.0 Å². The van der Waals surface area contributed by atoms with E-state index in [0.717, 1.165) is 0 Å². The number of hydrogen-bond donors (Lipinski definition) is 1. The molecule has 1 atom stereocenters. The van der Waals surface area contributed by atoms with E-state index in [4.69, 9.17) is 5.11 Å². The lowest BCUT2D eigenvalue weighted by Crippen LogP contribution is -2.20. The van der Waals surface area contributed by atoms with Crippen molar-refractivity contribution in [2.24, 2.45) is 0 Å². The van der Waals surface area contributed by atoms with Gasteiger partial charge in [0.1, 0.15) is 0 Å². The molecule has 0 aliphatic carbocycles. The molecule has 1 rings (SSSR count). The van der Waals surface area contributed by atoms with Crippen molar-refractivity contribution in [1.82, 2.24) is 0 Å². The molecule has 0 saturated heterocycles. The first-order valence-corrected chi connectivity index (χ1v) is 4.34. The van der Waals surface area contributed by atoms with Crippen LogP contribution in [-0.2, 0) is 0 Å². The molecule has 0 fully saturated rings. The second-order valence-corrected chi connectivity index (χ2v) is 3.43. The molecule has 2 nitrogen and oxygen atoms in total. The Morgan fingerprint density at radius 1 is 1.27 bits per heavy atom. The molecule has 0 aliphatic heterocycles. The monoisotopic (exact) mass is 219 g/mol. The molecule has 0 amide bonds. The van der Waals surface area contributed by atoms with Crippen molar-refractivity contribution in [3.63, 3.8) is 0 Å². The quantitative estimate of drug-likeness (QED) is 0.825. The summed E-state index contributed by atoms with van der Waals surface area (Å²) in [6.07, 6.45) is -7.04. The van der Waals surface area contributed by atoms with Crippen LogP contribution in [0.5, 0.6) is 0 Å². The van der Waals surface area contributed by atoms with Crippen LogP contribution in [0.4, 0.5) is 18.9 Å². The van der Waals surface area contributed by atoms with E-state index < -0.39 is 12.3 Å². The van der Waals surface area contributed by atoms with Gasteiger partial charge >= 0.3 is 6.18 Å². The van der Waals surface area contributed by atoms with Crippen LogP contribution in [0, 0.1) is 0 Å². The molecule has 1 N–H and O–H groups in total. The highest BCUT2D eigenvalue weighted by atomic mass is 19.4. The summed E-state index contributed by atoms with van der Waals surface area (Å²) in [5.74, 6) is 0. The van der Waals surface area contributed by atoms with Crippen molar-refractivity contribution in [1.29, 1.82) is 0 Å². The third kappa shape index (κ3) is 2.86. The fourth-order valence-electron chi connectivity index (χ4n) is 1.16. The van der Waals surface area contributed by atoms with Crippen LogP contribution in [0.25, 0.3) is 0 Å². The molecule has 0 saturated carbocycles. The Kier molecular flexibility index (Phi) is 3.24. The summed E-state index contributed by atoms with van der Waals surface area (Å²) in [6.45, 7) is 0. The van der Waals surface area contributed by atoms with E-state index in [1.165, 1.54) is 18.2 Å². The molecule has 0 unspecified atom stereocenters. The molecule has 0 aliphatic rings. The fourth-order valence-corrected chi connectivity index (χ4v) is 1.16. The van der Waals surface area contributed by atoms with Gasteiger partial charge in [0.15, 0.2) is 6.10 Å². The van der Waals surface area contributed by atoms with Gasteiger partial charge in [0.25, 0.3) is 0 Å². The first-order valence-electron chi connectivity index (χ1n) is 4.34. The Morgan fingerprint density at radius 2 is 1.87 bits per heavy atom. The maximum Gasteiger partial charge on any atom is 0.418 e. The van der Waals surface area contributed by atoms with Crippen LogP contribution in [0.1, 0.15) is 11.7 Å². The Labute approximate surface area is 85.9 Å². The van der Waals surface area contributed by atoms with E-state index >= 15 is 0 Å². The molecule has 1 aromatic carbocycles. The van der Waals surface area contributed by atoms with Crippen LogP contribution in [0.15, 0.2) is 24.3 Å². The number of anilines is 1. The second kappa shape index (κ2) is 4.10. The average molecular weight is 219 g/mol. The fraction of sp³-hybridized carbons (Fsp3) is 0.400. The maximum atomic E-state index is 12.2. The molecule has 0 heterocycles. The SMILES string of the molecule is CN(C)c1cccc([C@@H](O)C(F)(F)F)c1. The smallest absolute Gasteiger partial charge is 0.379 e. The van der Waals surface area contributed by atoms with Crippen LogP contribution in [0.3, 0.4) is 0 Å².